The number of hydrogen-bond donors (Lipinski definition) is 1. The number of amides is 1. The summed E-state index contributed by atoms with van der Waals surface area (Å²) in [5.74, 6) is 0.948. The van der Waals surface area contributed by atoms with Gasteiger partial charge in [0.25, 0.3) is 0 Å². The molecule has 3 atom stereocenters. The third kappa shape index (κ3) is 5.87. The number of pyridine rings is 1. The van der Waals surface area contributed by atoms with Gasteiger partial charge in [0.15, 0.2) is 0 Å². The first-order valence-corrected chi connectivity index (χ1v) is 10.7. The van der Waals surface area contributed by atoms with Crippen LogP contribution >= 0.6 is 23.4 Å². The Balaban J connectivity index is 1.50. The quantitative estimate of drug-likeness (QED) is 0.713. The molecule has 1 aromatic carbocycles. The summed E-state index contributed by atoms with van der Waals surface area (Å²) in [7, 11) is 0. The highest BCUT2D eigenvalue weighted by atomic mass is 35.5. The van der Waals surface area contributed by atoms with Gasteiger partial charge in [0.2, 0.25) is 5.91 Å². The van der Waals surface area contributed by atoms with E-state index in [1.807, 2.05) is 49.5 Å². The van der Waals surface area contributed by atoms with Gasteiger partial charge in [-0.15, -0.1) is 11.8 Å². The second kappa shape index (κ2) is 9.63. The molecule has 2 aromatic rings. The summed E-state index contributed by atoms with van der Waals surface area (Å²) in [6.07, 6.45) is 2.23. The van der Waals surface area contributed by atoms with Gasteiger partial charge in [-0.1, -0.05) is 17.7 Å². The predicted molar refractivity (Wildman–Crippen MR) is 115 cm³/mol. The number of thioether (sulfide) groups is 1. The zero-order chi connectivity index (χ0) is 20.1. The molecule has 5 nitrogen and oxygen atoms in total. The van der Waals surface area contributed by atoms with Crippen LogP contribution in [0.3, 0.4) is 0 Å². The third-order valence-corrected chi connectivity index (χ3v) is 5.88. The lowest BCUT2D eigenvalue weighted by molar-refractivity contribution is -0.120. The van der Waals surface area contributed by atoms with E-state index >= 15 is 0 Å². The van der Waals surface area contributed by atoms with E-state index in [9.17, 15) is 4.79 Å². The molecule has 0 saturated carbocycles. The van der Waals surface area contributed by atoms with Crippen molar-refractivity contribution < 1.29 is 9.53 Å². The smallest absolute Gasteiger partial charge is 0.233 e. The topological polar surface area (TPSA) is 54.5 Å². The van der Waals surface area contributed by atoms with Crippen molar-refractivity contribution in [1.82, 2.24) is 10.3 Å². The molecule has 28 heavy (non-hydrogen) atoms. The number of nitrogens with zero attached hydrogens (tertiary/aromatic N) is 2. The summed E-state index contributed by atoms with van der Waals surface area (Å²) < 4.78 is 5.77. The number of nitrogens with one attached hydrogen (secondary N) is 1. The summed E-state index contributed by atoms with van der Waals surface area (Å²) >= 11 is 7.41. The maximum absolute atomic E-state index is 12.4. The van der Waals surface area contributed by atoms with Gasteiger partial charge in [0.05, 0.1) is 17.5 Å². The predicted octanol–water partition coefficient (Wildman–Crippen LogP) is 4.15. The van der Waals surface area contributed by atoms with E-state index in [0.29, 0.717) is 11.6 Å². The molecule has 3 rings (SSSR count). The zero-order valence-electron chi connectivity index (χ0n) is 16.4. The fourth-order valence-corrected chi connectivity index (χ4v) is 4.19. The Bertz CT molecular complexity index is 775. The van der Waals surface area contributed by atoms with E-state index in [4.69, 9.17) is 16.3 Å². The molecule has 1 aromatic heterocycles. The highest BCUT2D eigenvalue weighted by Crippen LogP contribution is 2.25. The molecule has 1 aliphatic heterocycles. The average molecular weight is 420 g/mol. The van der Waals surface area contributed by atoms with Crippen molar-refractivity contribution in [2.75, 3.05) is 18.0 Å². The molecular weight excluding hydrogens is 394 g/mol. The van der Waals surface area contributed by atoms with E-state index in [0.717, 1.165) is 29.4 Å². The number of carbonyl (C=O) groups is 1. The molecule has 1 saturated heterocycles. The van der Waals surface area contributed by atoms with Crippen molar-refractivity contribution in [2.24, 2.45) is 0 Å². The van der Waals surface area contributed by atoms with Gasteiger partial charge >= 0.3 is 0 Å². The number of rotatable bonds is 6. The fraction of sp³-hybridized carbons (Fsp3) is 0.429. The Labute approximate surface area is 175 Å². The van der Waals surface area contributed by atoms with Gasteiger partial charge in [-0.2, -0.15) is 0 Å². The minimum Gasteiger partial charge on any atom is -0.372 e. The Morgan fingerprint density at radius 1 is 1.25 bits per heavy atom. The number of halogens is 1. The van der Waals surface area contributed by atoms with Crippen molar-refractivity contribution in [3.8, 4) is 0 Å². The minimum absolute atomic E-state index is 0.000134. The van der Waals surface area contributed by atoms with E-state index in [-0.39, 0.29) is 23.4 Å². The lowest BCUT2D eigenvalue weighted by atomic mass is 10.2. The zero-order valence-corrected chi connectivity index (χ0v) is 18.0. The highest BCUT2D eigenvalue weighted by Gasteiger charge is 2.23. The average Bonchev–Trinajstić information content (AvgIpc) is 2.67. The number of hydrogen-bond acceptors (Lipinski definition) is 5. The first kappa shape index (κ1) is 21.0. The summed E-state index contributed by atoms with van der Waals surface area (Å²) in [5, 5.41) is 3.49. The maximum atomic E-state index is 12.4. The summed E-state index contributed by atoms with van der Waals surface area (Å²) in [4.78, 5) is 20.2. The van der Waals surface area contributed by atoms with Crippen LogP contribution in [0.5, 0.6) is 0 Å². The fourth-order valence-electron chi connectivity index (χ4n) is 3.18. The second-order valence-electron chi connectivity index (χ2n) is 7.12. The summed E-state index contributed by atoms with van der Waals surface area (Å²) in [6, 6.07) is 11.5. The van der Waals surface area contributed by atoms with Crippen LogP contribution in [-0.2, 0) is 16.1 Å². The molecule has 1 N–H and O–H groups in total. The van der Waals surface area contributed by atoms with Crippen LogP contribution in [0.15, 0.2) is 47.5 Å². The van der Waals surface area contributed by atoms with Gasteiger partial charge in [0, 0.05) is 35.7 Å². The Morgan fingerprint density at radius 3 is 2.54 bits per heavy atom. The summed E-state index contributed by atoms with van der Waals surface area (Å²) in [6.45, 7) is 8.20. The Hall–Kier alpha value is -1.76. The first-order chi connectivity index (χ1) is 13.4. The van der Waals surface area contributed by atoms with Crippen LogP contribution in [0.25, 0.3) is 0 Å². The van der Waals surface area contributed by atoms with E-state index in [1.54, 1.807) is 0 Å². The maximum Gasteiger partial charge on any atom is 0.233 e. The van der Waals surface area contributed by atoms with Crippen LogP contribution in [0.1, 0.15) is 26.3 Å². The number of anilines is 1. The van der Waals surface area contributed by atoms with Crippen LogP contribution in [0.2, 0.25) is 5.02 Å². The van der Waals surface area contributed by atoms with Gasteiger partial charge in [-0.3, -0.25) is 4.79 Å². The van der Waals surface area contributed by atoms with Gasteiger partial charge in [-0.05, 0) is 56.7 Å². The summed E-state index contributed by atoms with van der Waals surface area (Å²) in [5.41, 5.74) is 0.982. The Morgan fingerprint density at radius 2 is 1.93 bits per heavy atom. The molecule has 0 radical (unpaired) electrons. The molecule has 1 amide bonds. The van der Waals surface area contributed by atoms with Crippen LogP contribution in [0.4, 0.5) is 5.82 Å². The highest BCUT2D eigenvalue weighted by molar-refractivity contribution is 8.00. The van der Waals surface area contributed by atoms with Crippen LogP contribution in [-0.4, -0.2) is 41.4 Å². The molecule has 0 bridgehead atoms. The first-order valence-electron chi connectivity index (χ1n) is 9.46. The molecule has 3 unspecified atom stereocenters. The Kier molecular flexibility index (Phi) is 7.21. The van der Waals surface area contributed by atoms with Crippen molar-refractivity contribution in [3.05, 3.63) is 53.2 Å². The van der Waals surface area contributed by atoms with Crippen molar-refractivity contribution in [3.63, 3.8) is 0 Å². The van der Waals surface area contributed by atoms with Crippen molar-refractivity contribution >= 4 is 35.1 Å². The molecule has 0 spiro atoms. The molecule has 0 aliphatic carbocycles. The monoisotopic (exact) mass is 419 g/mol. The van der Waals surface area contributed by atoms with Gasteiger partial charge in [-0.25, -0.2) is 4.98 Å². The molecular formula is C21H26ClN3O2S. The second-order valence-corrected chi connectivity index (χ2v) is 8.97. The van der Waals surface area contributed by atoms with E-state index < -0.39 is 0 Å². The number of carbonyl (C=O) groups excluding carboxylic acids is 1. The van der Waals surface area contributed by atoms with Crippen molar-refractivity contribution in [1.29, 1.82) is 0 Å². The van der Waals surface area contributed by atoms with E-state index in [1.165, 1.54) is 11.8 Å². The SMILES string of the molecule is CC1CN(c2ccc(CNC(=O)C(C)Sc3ccc(Cl)cc3)cn2)CC(C)O1. The number of ether oxygens (including phenoxy) is 1. The van der Waals surface area contributed by atoms with Crippen molar-refractivity contribution in [2.45, 2.75) is 49.7 Å². The number of morpholine rings is 1. The standard InChI is InChI=1S/C21H26ClN3O2S/c1-14-12-25(13-15(2)27-14)20-9-4-17(10-23-20)11-24-21(26)16(3)28-19-7-5-18(22)6-8-19/h4-10,14-16H,11-13H2,1-3H3,(H,24,26). The largest absolute Gasteiger partial charge is 0.372 e. The molecule has 1 fully saturated rings. The molecule has 2 heterocycles. The number of aromatic nitrogens is 1. The molecule has 1 aliphatic rings. The lowest BCUT2D eigenvalue weighted by Gasteiger charge is -2.36. The minimum atomic E-state index is -0.190. The molecule has 7 heteroatoms. The van der Waals surface area contributed by atoms with Crippen LogP contribution < -0.4 is 10.2 Å². The van der Waals surface area contributed by atoms with Gasteiger partial charge in [0.1, 0.15) is 5.82 Å². The third-order valence-electron chi connectivity index (χ3n) is 4.52. The normalized spacial score (nSPS) is 20.6. The van der Waals surface area contributed by atoms with E-state index in [2.05, 4.69) is 29.0 Å². The molecule has 150 valence electrons. The number of benzene rings is 1. The van der Waals surface area contributed by atoms with Crippen LogP contribution in [0, 0.1) is 0 Å². The lowest BCUT2D eigenvalue weighted by Crippen LogP contribution is -2.45. The van der Waals surface area contributed by atoms with Gasteiger partial charge < -0.3 is 15.0 Å².